The Balaban J connectivity index is 1.83. The van der Waals surface area contributed by atoms with Crippen LogP contribution in [0.15, 0.2) is 41.3 Å². The zero-order valence-electron chi connectivity index (χ0n) is 12.0. The fourth-order valence-corrected chi connectivity index (χ4v) is 3.13. The molecule has 1 aliphatic rings. The van der Waals surface area contributed by atoms with Crippen molar-refractivity contribution in [2.45, 2.75) is 4.90 Å². The van der Waals surface area contributed by atoms with Gasteiger partial charge in [0, 0.05) is 22.2 Å². The van der Waals surface area contributed by atoms with Crippen LogP contribution in [-0.2, 0) is 4.79 Å². The fraction of sp³-hybridized carbons (Fsp3) is 0.0667. The molecule has 0 saturated carbocycles. The summed E-state index contributed by atoms with van der Waals surface area (Å²) in [6.07, 6.45) is 0. The molecular weight excluding hydrogens is 354 g/mol. The molecule has 0 bridgehead atoms. The summed E-state index contributed by atoms with van der Waals surface area (Å²) in [6.45, 7) is 0. The van der Waals surface area contributed by atoms with Gasteiger partial charge in [-0.05, 0) is 30.3 Å². The van der Waals surface area contributed by atoms with Gasteiger partial charge in [0.1, 0.15) is 5.02 Å². The minimum absolute atomic E-state index is 0.0370. The van der Waals surface area contributed by atoms with Crippen molar-refractivity contribution in [2.24, 2.45) is 0 Å². The number of nitro benzene ring substituents is 1. The second-order valence-corrected chi connectivity index (χ2v) is 6.35. The second kappa shape index (κ2) is 6.50. The van der Waals surface area contributed by atoms with Crippen LogP contribution in [0.2, 0.25) is 5.02 Å². The maximum Gasteiger partial charge on any atom is 0.288 e. The molecule has 24 heavy (non-hydrogen) atoms. The standard InChI is InChI=1S/C15H10ClN3O4S/c16-10-3-1-8(5-12(10)19(22)23)15(21)17-9-2-4-13-11(6-9)18-14(20)7-24-13/h1-6H,7H2,(H,17,21)(H,18,20). The third-order valence-corrected chi connectivity index (χ3v) is 4.67. The first-order valence-electron chi connectivity index (χ1n) is 6.76. The van der Waals surface area contributed by atoms with Crippen molar-refractivity contribution in [1.82, 2.24) is 0 Å². The topological polar surface area (TPSA) is 101 Å². The summed E-state index contributed by atoms with van der Waals surface area (Å²) >= 11 is 7.15. The molecule has 1 aliphatic heterocycles. The second-order valence-electron chi connectivity index (χ2n) is 4.93. The van der Waals surface area contributed by atoms with Crippen LogP contribution in [0, 0.1) is 10.1 Å². The van der Waals surface area contributed by atoms with Crippen LogP contribution in [0.25, 0.3) is 0 Å². The quantitative estimate of drug-likeness (QED) is 0.641. The van der Waals surface area contributed by atoms with Crippen molar-refractivity contribution in [3.63, 3.8) is 0 Å². The minimum atomic E-state index is -0.648. The molecule has 2 aromatic carbocycles. The molecule has 0 saturated heterocycles. The third kappa shape index (κ3) is 3.34. The van der Waals surface area contributed by atoms with Crippen LogP contribution in [-0.4, -0.2) is 22.5 Å². The molecule has 0 unspecified atom stereocenters. The van der Waals surface area contributed by atoms with E-state index in [-0.39, 0.29) is 22.2 Å². The minimum Gasteiger partial charge on any atom is -0.324 e. The highest BCUT2D eigenvalue weighted by Crippen LogP contribution is 2.33. The summed E-state index contributed by atoms with van der Waals surface area (Å²) in [5, 5.41) is 16.2. The van der Waals surface area contributed by atoms with Gasteiger partial charge in [0.05, 0.1) is 16.4 Å². The van der Waals surface area contributed by atoms with Gasteiger partial charge in [0.2, 0.25) is 5.91 Å². The van der Waals surface area contributed by atoms with E-state index in [1.165, 1.54) is 23.9 Å². The maximum absolute atomic E-state index is 12.3. The number of benzene rings is 2. The number of hydrogen-bond acceptors (Lipinski definition) is 5. The maximum atomic E-state index is 12.3. The van der Waals surface area contributed by atoms with E-state index in [0.717, 1.165) is 11.0 Å². The lowest BCUT2D eigenvalue weighted by molar-refractivity contribution is -0.384. The van der Waals surface area contributed by atoms with Crippen LogP contribution in [0.4, 0.5) is 17.1 Å². The number of thioether (sulfide) groups is 1. The summed E-state index contributed by atoms with van der Waals surface area (Å²) in [5.41, 5.74) is 0.871. The number of nitrogens with one attached hydrogen (secondary N) is 2. The summed E-state index contributed by atoms with van der Waals surface area (Å²) < 4.78 is 0. The Labute approximate surface area is 145 Å². The molecule has 2 N–H and O–H groups in total. The van der Waals surface area contributed by atoms with Crippen LogP contribution in [0.1, 0.15) is 10.4 Å². The van der Waals surface area contributed by atoms with E-state index < -0.39 is 10.8 Å². The van der Waals surface area contributed by atoms with Crippen LogP contribution >= 0.6 is 23.4 Å². The molecule has 1 heterocycles. The Kier molecular flexibility index (Phi) is 4.41. The zero-order valence-corrected chi connectivity index (χ0v) is 13.6. The van der Waals surface area contributed by atoms with Gasteiger partial charge >= 0.3 is 0 Å². The summed E-state index contributed by atoms with van der Waals surface area (Å²) in [6, 6.07) is 8.96. The van der Waals surface area contributed by atoms with Crippen molar-refractivity contribution < 1.29 is 14.5 Å². The molecule has 3 rings (SSSR count). The van der Waals surface area contributed by atoms with E-state index in [2.05, 4.69) is 10.6 Å². The number of carbonyl (C=O) groups excluding carboxylic acids is 2. The number of hydrogen-bond donors (Lipinski definition) is 2. The number of carbonyl (C=O) groups is 2. The number of nitro groups is 1. The van der Waals surface area contributed by atoms with Crippen LogP contribution in [0.3, 0.4) is 0 Å². The average molecular weight is 364 g/mol. The lowest BCUT2D eigenvalue weighted by atomic mass is 10.2. The van der Waals surface area contributed by atoms with E-state index in [0.29, 0.717) is 17.1 Å². The highest BCUT2D eigenvalue weighted by Gasteiger charge is 2.18. The zero-order chi connectivity index (χ0) is 17.3. The Morgan fingerprint density at radius 3 is 2.83 bits per heavy atom. The Morgan fingerprint density at radius 2 is 2.08 bits per heavy atom. The molecule has 0 spiro atoms. The number of fused-ring (bicyclic) bond motifs is 1. The van der Waals surface area contributed by atoms with Gasteiger partial charge in [-0.15, -0.1) is 11.8 Å². The monoisotopic (exact) mass is 363 g/mol. The number of halogens is 1. The van der Waals surface area contributed by atoms with Crippen molar-refractivity contribution in [3.8, 4) is 0 Å². The first kappa shape index (κ1) is 16.3. The van der Waals surface area contributed by atoms with E-state index in [1.807, 2.05) is 0 Å². The van der Waals surface area contributed by atoms with E-state index >= 15 is 0 Å². The smallest absolute Gasteiger partial charge is 0.288 e. The van der Waals surface area contributed by atoms with Gasteiger partial charge in [-0.1, -0.05) is 11.6 Å². The Hall–Kier alpha value is -2.58. The molecule has 0 aromatic heterocycles. The van der Waals surface area contributed by atoms with Gasteiger partial charge < -0.3 is 10.6 Å². The summed E-state index contributed by atoms with van der Waals surface area (Å²) in [5.74, 6) is -0.263. The van der Waals surface area contributed by atoms with Crippen molar-refractivity contribution >= 4 is 52.2 Å². The Morgan fingerprint density at radius 1 is 1.29 bits per heavy atom. The van der Waals surface area contributed by atoms with Crippen LogP contribution < -0.4 is 10.6 Å². The molecule has 0 fully saturated rings. The van der Waals surface area contributed by atoms with E-state index in [9.17, 15) is 19.7 Å². The number of rotatable bonds is 3. The number of anilines is 2. The van der Waals surface area contributed by atoms with Crippen LogP contribution in [0.5, 0.6) is 0 Å². The largest absolute Gasteiger partial charge is 0.324 e. The molecule has 122 valence electrons. The lowest BCUT2D eigenvalue weighted by Crippen LogP contribution is -2.19. The molecule has 0 radical (unpaired) electrons. The summed E-state index contributed by atoms with van der Waals surface area (Å²) in [4.78, 5) is 34.8. The van der Waals surface area contributed by atoms with Crippen molar-refractivity contribution in [2.75, 3.05) is 16.4 Å². The highest BCUT2D eigenvalue weighted by molar-refractivity contribution is 8.00. The van der Waals surface area contributed by atoms with Crippen molar-refractivity contribution in [3.05, 3.63) is 57.1 Å². The fourth-order valence-electron chi connectivity index (χ4n) is 2.16. The van der Waals surface area contributed by atoms with Gasteiger partial charge in [-0.25, -0.2) is 0 Å². The number of nitrogens with zero attached hydrogens (tertiary/aromatic N) is 1. The first-order chi connectivity index (χ1) is 11.4. The van der Waals surface area contributed by atoms with Gasteiger partial charge in [-0.3, -0.25) is 19.7 Å². The average Bonchev–Trinajstić information content (AvgIpc) is 2.54. The Bertz CT molecular complexity index is 872. The normalized spacial score (nSPS) is 13.0. The highest BCUT2D eigenvalue weighted by atomic mass is 35.5. The van der Waals surface area contributed by atoms with Crippen molar-refractivity contribution in [1.29, 1.82) is 0 Å². The molecule has 9 heteroatoms. The summed E-state index contributed by atoms with van der Waals surface area (Å²) in [7, 11) is 0. The van der Waals surface area contributed by atoms with Gasteiger partial charge in [0.15, 0.2) is 0 Å². The molecule has 2 amide bonds. The SMILES string of the molecule is O=C1CSc2ccc(NC(=O)c3ccc(Cl)c([N+](=O)[O-])c3)cc2N1. The number of amides is 2. The van der Waals surface area contributed by atoms with E-state index in [4.69, 9.17) is 11.6 Å². The molecule has 7 nitrogen and oxygen atoms in total. The molecule has 2 aromatic rings. The third-order valence-electron chi connectivity index (χ3n) is 3.28. The van der Waals surface area contributed by atoms with E-state index in [1.54, 1.807) is 18.2 Å². The molecule has 0 atom stereocenters. The van der Waals surface area contributed by atoms with Gasteiger partial charge in [0.25, 0.3) is 11.6 Å². The molecular formula is C15H10ClN3O4S. The predicted molar refractivity (Wildman–Crippen MR) is 91.9 cm³/mol. The van der Waals surface area contributed by atoms with Gasteiger partial charge in [-0.2, -0.15) is 0 Å². The molecule has 0 aliphatic carbocycles. The first-order valence-corrected chi connectivity index (χ1v) is 8.12. The predicted octanol–water partition coefficient (Wildman–Crippen LogP) is 3.54. The lowest BCUT2D eigenvalue weighted by Gasteiger charge is -2.17.